The van der Waals surface area contributed by atoms with Crippen LogP contribution < -0.4 is 5.32 Å². The van der Waals surface area contributed by atoms with E-state index in [1.807, 2.05) is 18.2 Å². The zero-order valence-corrected chi connectivity index (χ0v) is 16.7. The molecule has 0 bridgehead atoms. The number of aliphatic imine (C=N–C) groups is 1. The van der Waals surface area contributed by atoms with E-state index in [1.54, 1.807) is 7.05 Å². The molecule has 1 saturated carbocycles. The van der Waals surface area contributed by atoms with Crippen molar-refractivity contribution in [3.8, 4) is 0 Å². The fourth-order valence-corrected chi connectivity index (χ4v) is 4.08. The molecule has 1 saturated heterocycles. The van der Waals surface area contributed by atoms with E-state index >= 15 is 0 Å². The lowest BCUT2D eigenvalue weighted by Crippen LogP contribution is -2.41. The van der Waals surface area contributed by atoms with Crippen molar-refractivity contribution in [3.63, 3.8) is 0 Å². The maximum absolute atomic E-state index is 14.0. The molecule has 1 aliphatic heterocycles. The highest BCUT2D eigenvalue weighted by molar-refractivity contribution is 5.81. The van der Waals surface area contributed by atoms with Gasteiger partial charge in [-0.05, 0) is 30.5 Å². The van der Waals surface area contributed by atoms with E-state index in [4.69, 9.17) is 4.74 Å². The van der Waals surface area contributed by atoms with Gasteiger partial charge >= 0.3 is 0 Å². The molecule has 6 heteroatoms. The molecule has 3 atom stereocenters. The third-order valence-electron chi connectivity index (χ3n) is 5.74. The van der Waals surface area contributed by atoms with E-state index in [1.165, 1.54) is 23.8 Å². The minimum Gasteiger partial charge on any atom is -0.376 e. The molecule has 2 aromatic rings. The number of ether oxygens (including phenoxy) is 1. The van der Waals surface area contributed by atoms with Crippen LogP contribution in [-0.2, 0) is 11.3 Å². The highest BCUT2D eigenvalue weighted by Crippen LogP contribution is 2.43. The molecule has 4 nitrogen and oxygen atoms in total. The van der Waals surface area contributed by atoms with Crippen molar-refractivity contribution in [1.29, 1.82) is 0 Å². The number of halogens is 2. The predicted molar refractivity (Wildman–Crippen MR) is 110 cm³/mol. The Balaban J connectivity index is 1.25. The normalized spacial score (nSPS) is 24.0. The SMILES string of the molecule is CN=C(NC1CC1c1c(F)cccc1F)N1CCC(COCc2ccccc2)C1. The summed E-state index contributed by atoms with van der Waals surface area (Å²) in [4.78, 5) is 6.60. The molecule has 1 heterocycles. The number of hydrogen-bond acceptors (Lipinski definition) is 2. The minimum absolute atomic E-state index is 0.0217. The Morgan fingerprint density at radius 1 is 1.14 bits per heavy atom. The fraction of sp³-hybridized carbons (Fsp3) is 0.435. The van der Waals surface area contributed by atoms with Crippen LogP contribution in [0.1, 0.15) is 29.9 Å². The molecule has 2 aliphatic rings. The Hall–Kier alpha value is -2.47. The Bertz CT molecular complexity index is 838. The van der Waals surface area contributed by atoms with E-state index in [0.717, 1.165) is 32.1 Å². The van der Waals surface area contributed by atoms with E-state index < -0.39 is 11.6 Å². The second kappa shape index (κ2) is 8.91. The molecule has 4 rings (SSSR count). The summed E-state index contributed by atoms with van der Waals surface area (Å²) in [7, 11) is 1.75. The molecule has 2 fully saturated rings. The van der Waals surface area contributed by atoms with Crippen LogP contribution in [0.5, 0.6) is 0 Å². The number of rotatable bonds is 6. The molecule has 0 amide bonds. The number of nitrogens with one attached hydrogen (secondary N) is 1. The molecule has 1 N–H and O–H groups in total. The molecule has 0 aromatic heterocycles. The van der Waals surface area contributed by atoms with Gasteiger partial charge in [-0.1, -0.05) is 36.4 Å². The third-order valence-corrected chi connectivity index (χ3v) is 5.74. The van der Waals surface area contributed by atoms with E-state index in [0.29, 0.717) is 18.9 Å². The minimum atomic E-state index is -0.467. The molecular weight excluding hydrogens is 372 g/mol. The summed E-state index contributed by atoms with van der Waals surface area (Å²) in [6.07, 6.45) is 1.76. The first-order chi connectivity index (χ1) is 14.2. The van der Waals surface area contributed by atoms with Gasteiger partial charge in [0.05, 0.1) is 13.2 Å². The van der Waals surface area contributed by atoms with E-state index in [-0.39, 0.29) is 17.5 Å². The van der Waals surface area contributed by atoms with E-state index in [9.17, 15) is 8.78 Å². The number of hydrogen-bond donors (Lipinski definition) is 1. The van der Waals surface area contributed by atoms with Gasteiger partial charge in [0.15, 0.2) is 5.96 Å². The maximum Gasteiger partial charge on any atom is 0.193 e. The molecule has 2 aromatic carbocycles. The van der Waals surface area contributed by atoms with Gasteiger partial charge in [-0.3, -0.25) is 4.99 Å². The Labute approximate surface area is 170 Å². The summed E-state index contributed by atoms with van der Waals surface area (Å²) in [5.74, 6) is 0.189. The summed E-state index contributed by atoms with van der Waals surface area (Å²) in [6.45, 7) is 3.13. The van der Waals surface area contributed by atoms with Gasteiger partial charge in [-0.25, -0.2) is 8.78 Å². The summed E-state index contributed by atoms with van der Waals surface area (Å²) < 4.78 is 33.9. The first kappa shape index (κ1) is 19.8. The van der Waals surface area contributed by atoms with Gasteiger partial charge in [0.25, 0.3) is 0 Å². The Morgan fingerprint density at radius 3 is 2.62 bits per heavy atom. The third kappa shape index (κ3) is 4.75. The lowest BCUT2D eigenvalue weighted by Gasteiger charge is -2.22. The first-order valence-electron chi connectivity index (χ1n) is 10.2. The van der Waals surface area contributed by atoms with Crippen LogP contribution in [0.4, 0.5) is 8.78 Å². The summed E-state index contributed by atoms with van der Waals surface area (Å²) >= 11 is 0. The molecule has 154 valence electrons. The zero-order valence-electron chi connectivity index (χ0n) is 16.7. The highest BCUT2D eigenvalue weighted by atomic mass is 19.1. The summed E-state index contributed by atoms with van der Waals surface area (Å²) in [5, 5.41) is 3.39. The van der Waals surface area contributed by atoms with Crippen LogP contribution in [0.15, 0.2) is 53.5 Å². The lowest BCUT2D eigenvalue weighted by molar-refractivity contribution is 0.0906. The first-order valence-corrected chi connectivity index (χ1v) is 10.2. The number of nitrogens with zero attached hydrogens (tertiary/aromatic N) is 2. The maximum atomic E-state index is 14.0. The molecule has 0 spiro atoms. The van der Waals surface area contributed by atoms with Gasteiger partial charge < -0.3 is 15.0 Å². The van der Waals surface area contributed by atoms with E-state index in [2.05, 4.69) is 27.3 Å². The van der Waals surface area contributed by atoms with Crippen molar-refractivity contribution < 1.29 is 13.5 Å². The molecular formula is C23H27F2N3O. The van der Waals surface area contributed by atoms with Crippen molar-refractivity contribution in [2.45, 2.75) is 31.4 Å². The average Bonchev–Trinajstić information content (AvgIpc) is 3.31. The van der Waals surface area contributed by atoms with Gasteiger partial charge in [0.1, 0.15) is 11.6 Å². The monoisotopic (exact) mass is 399 g/mol. The Kier molecular flexibility index (Phi) is 6.09. The quantitative estimate of drug-likeness (QED) is 0.591. The van der Waals surface area contributed by atoms with Crippen LogP contribution in [0.3, 0.4) is 0 Å². The standard InChI is InChI=1S/C23H27F2N3O/c1-26-23(27-21-12-18(21)22-19(24)8-5-9-20(22)25)28-11-10-17(13-28)15-29-14-16-6-3-2-4-7-16/h2-9,17-18,21H,10-15H2,1H3,(H,26,27). The van der Waals surface area contributed by atoms with Crippen molar-refractivity contribution in [2.75, 3.05) is 26.7 Å². The average molecular weight is 399 g/mol. The van der Waals surface area contributed by atoms with Crippen molar-refractivity contribution in [1.82, 2.24) is 10.2 Å². The van der Waals surface area contributed by atoms with Gasteiger partial charge in [0, 0.05) is 43.6 Å². The number of likely N-dealkylation sites (tertiary alicyclic amines) is 1. The number of benzene rings is 2. The van der Waals surface area contributed by atoms with Crippen LogP contribution in [-0.4, -0.2) is 43.6 Å². The summed E-state index contributed by atoms with van der Waals surface area (Å²) in [6, 6.07) is 14.2. The van der Waals surface area contributed by atoms with Crippen molar-refractivity contribution in [3.05, 3.63) is 71.3 Å². The van der Waals surface area contributed by atoms with Crippen molar-refractivity contribution >= 4 is 5.96 Å². The van der Waals surface area contributed by atoms with Crippen LogP contribution >= 0.6 is 0 Å². The smallest absolute Gasteiger partial charge is 0.193 e. The molecule has 0 radical (unpaired) electrons. The zero-order chi connectivity index (χ0) is 20.2. The van der Waals surface area contributed by atoms with Gasteiger partial charge in [0.2, 0.25) is 0 Å². The second-order valence-electron chi connectivity index (χ2n) is 7.88. The Morgan fingerprint density at radius 2 is 1.90 bits per heavy atom. The van der Waals surface area contributed by atoms with Gasteiger partial charge in [-0.15, -0.1) is 0 Å². The van der Waals surface area contributed by atoms with Crippen LogP contribution in [0.25, 0.3) is 0 Å². The van der Waals surface area contributed by atoms with Crippen LogP contribution in [0, 0.1) is 17.6 Å². The summed E-state index contributed by atoms with van der Waals surface area (Å²) in [5.41, 5.74) is 1.37. The number of guanidine groups is 1. The predicted octanol–water partition coefficient (Wildman–Crippen LogP) is 3.93. The largest absolute Gasteiger partial charge is 0.376 e. The molecule has 3 unspecified atom stereocenters. The highest BCUT2D eigenvalue weighted by Gasteiger charge is 2.43. The fourth-order valence-electron chi connectivity index (χ4n) is 4.08. The van der Waals surface area contributed by atoms with Crippen molar-refractivity contribution in [2.24, 2.45) is 10.9 Å². The van der Waals surface area contributed by atoms with Gasteiger partial charge in [-0.2, -0.15) is 0 Å². The van der Waals surface area contributed by atoms with Crippen LogP contribution in [0.2, 0.25) is 0 Å². The second-order valence-corrected chi connectivity index (χ2v) is 7.88. The lowest BCUT2D eigenvalue weighted by atomic mass is 10.1. The molecule has 1 aliphatic carbocycles. The topological polar surface area (TPSA) is 36.9 Å². The molecule has 29 heavy (non-hydrogen) atoms.